The normalized spacial score (nSPS) is 19.3. The van der Waals surface area contributed by atoms with Crippen LogP contribution >= 0.6 is 35.0 Å². The van der Waals surface area contributed by atoms with Gasteiger partial charge in [-0.1, -0.05) is 66.4 Å². The molecule has 7 heteroatoms. The van der Waals surface area contributed by atoms with E-state index in [1.54, 1.807) is 23.1 Å². The molecule has 1 atom stereocenters. The van der Waals surface area contributed by atoms with E-state index in [4.69, 9.17) is 23.2 Å². The zero-order chi connectivity index (χ0) is 21.3. The number of hydrogen-bond donors (Lipinski definition) is 1. The molecule has 1 N–H and O–H groups in total. The summed E-state index contributed by atoms with van der Waals surface area (Å²) >= 11 is 13.7. The number of thioether (sulfide) groups is 1. The molecule has 0 aromatic heterocycles. The number of aliphatic carboxylic acids is 1. The molecule has 1 heterocycles. The van der Waals surface area contributed by atoms with Crippen molar-refractivity contribution < 1.29 is 14.7 Å². The molecule has 1 saturated carbocycles. The first-order chi connectivity index (χ1) is 14.5. The van der Waals surface area contributed by atoms with E-state index in [9.17, 15) is 14.7 Å². The highest BCUT2D eigenvalue weighted by Gasteiger charge is 2.39. The molecule has 0 saturated heterocycles. The number of rotatable bonds is 5. The van der Waals surface area contributed by atoms with Crippen LogP contribution in [0.25, 0.3) is 0 Å². The Kier molecular flexibility index (Phi) is 6.42. The Balaban J connectivity index is 1.74. The molecule has 156 valence electrons. The van der Waals surface area contributed by atoms with Gasteiger partial charge in [-0.25, -0.2) is 4.79 Å². The molecule has 2 aliphatic rings. The lowest BCUT2D eigenvalue weighted by molar-refractivity contribution is -0.131. The van der Waals surface area contributed by atoms with Crippen molar-refractivity contribution in [1.82, 2.24) is 4.90 Å². The summed E-state index contributed by atoms with van der Waals surface area (Å²) in [5.41, 5.74) is 1.99. The summed E-state index contributed by atoms with van der Waals surface area (Å²) in [7, 11) is 0. The number of carbonyl (C=O) groups is 2. The highest BCUT2D eigenvalue weighted by molar-refractivity contribution is 8.04. The Morgan fingerprint density at radius 2 is 1.73 bits per heavy atom. The van der Waals surface area contributed by atoms with E-state index in [0.717, 1.165) is 31.2 Å². The molecule has 0 spiro atoms. The minimum absolute atomic E-state index is 0.0243. The molecule has 2 aromatic rings. The third kappa shape index (κ3) is 4.25. The van der Waals surface area contributed by atoms with Gasteiger partial charge in [0.25, 0.3) is 5.91 Å². The number of carbonyl (C=O) groups excluding carboxylic acids is 1. The topological polar surface area (TPSA) is 57.6 Å². The average molecular weight is 462 g/mol. The Hall–Kier alpha value is -1.95. The van der Waals surface area contributed by atoms with E-state index in [0.29, 0.717) is 22.7 Å². The number of allylic oxidation sites excluding steroid dienone is 1. The summed E-state index contributed by atoms with van der Waals surface area (Å²) < 4.78 is 0. The van der Waals surface area contributed by atoms with Crippen LogP contribution in [0.5, 0.6) is 0 Å². The summed E-state index contributed by atoms with van der Waals surface area (Å²) in [6.45, 7) is 0. The molecule has 4 nitrogen and oxygen atoms in total. The molecule has 1 fully saturated rings. The number of halogens is 2. The molecular formula is C23H21Cl2NO3S. The van der Waals surface area contributed by atoms with Crippen LogP contribution in [0.15, 0.2) is 59.1 Å². The fraction of sp³-hybridized carbons (Fsp3) is 0.304. The maximum atomic E-state index is 13.6. The molecule has 0 radical (unpaired) electrons. The fourth-order valence-corrected chi connectivity index (χ4v) is 5.95. The minimum Gasteiger partial charge on any atom is -0.477 e. The monoisotopic (exact) mass is 461 g/mol. The van der Waals surface area contributed by atoms with E-state index in [-0.39, 0.29) is 27.1 Å². The standard InChI is InChI=1S/C23H21Cl2NO3S/c24-15-10-11-17(18(25)12-15)22(27)26(16-8-4-5-9-16)19-13-20(30-21(19)23(28)29)14-6-2-1-3-7-14/h1-3,6-7,10-12,16,20H,4-5,8-9,13H2,(H,28,29). The van der Waals surface area contributed by atoms with Gasteiger partial charge >= 0.3 is 5.97 Å². The molecule has 1 unspecified atom stereocenters. The van der Waals surface area contributed by atoms with Gasteiger partial charge in [0.2, 0.25) is 0 Å². The number of hydrogen-bond acceptors (Lipinski definition) is 3. The highest BCUT2D eigenvalue weighted by atomic mass is 35.5. The van der Waals surface area contributed by atoms with Crippen molar-refractivity contribution in [3.05, 3.63) is 80.3 Å². The quantitative estimate of drug-likeness (QED) is 0.547. The first-order valence-electron chi connectivity index (χ1n) is 9.92. The van der Waals surface area contributed by atoms with Crippen LogP contribution in [0.2, 0.25) is 10.0 Å². The second kappa shape index (κ2) is 9.04. The number of amides is 1. The van der Waals surface area contributed by atoms with Gasteiger partial charge in [0.15, 0.2) is 0 Å². The summed E-state index contributed by atoms with van der Waals surface area (Å²) in [4.78, 5) is 27.7. The van der Waals surface area contributed by atoms with E-state index < -0.39 is 5.97 Å². The Labute approximate surface area is 189 Å². The van der Waals surface area contributed by atoms with Gasteiger partial charge in [0.1, 0.15) is 4.91 Å². The van der Waals surface area contributed by atoms with Gasteiger partial charge in [-0.15, -0.1) is 11.8 Å². The highest BCUT2D eigenvalue weighted by Crippen LogP contribution is 2.50. The van der Waals surface area contributed by atoms with Crippen LogP contribution < -0.4 is 0 Å². The van der Waals surface area contributed by atoms with E-state index in [2.05, 4.69) is 0 Å². The van der Waals surface area contributed by atoms with Gasteiger partial charge < -0.3 is 10.0 Å². The maximum Gasteiger partial charge on any atom is 0.343 e. The molecule has 30 heavy (non-hydrogen) atoms. The van der Waals surface area contributed by atoms with Crippen molar-refractivity contribution in [2.45, 2.75) is 43.4 Å². The first-order valence-corrected chi connectivity index (χ1v) is 11.6. The second-order valence-corrected chi connectivity index (χ2v) is 9.60. The summed E-state index contributed by atoms with van der Waals surface area (Å²) in [6, 6.07) is 14.6. The fourth-order valence-electron chi connectivity index (χ4n) is 4.22. The lowest BCUT2D eigenvalue weighted by Gasteiger charge is -2.31. The van der Waals surface area contributed by atoms with Crippen LogP contribution in [-0.4, -0.2) is 27.9 Å². The Morgan fingerprint density at radius 1 is 1.03 bits per heavy atom. The van der Waals surface area contributed by atoms with Gasteiger partial charge in [0, 0.05) is 28.4 Å². The van der Waals surface area contributed by atoms with E-state index in [1.807, 2.05) is 30.3 Å². The Morgan fingerprint density at radius 3 is 2.37 bits per heavy atom. The maximum absolute atomic E-state index is 13.6. The second-order valence-electron chi connectivity index (χ2n) is 7.54. The SMILES string of the molecule is O=C(O)C1=C(N(C(=O)c2ccc(Cl)cc2Cl)C2CCCC2)CC(c2ccccc2)S1. The lowest BCUT2D eigenvalue weighted by Crippen LogP contribution is -2.39. The van der Waals surface area contributed by atoms with Crippen molar-refractivity contribution >= 4 is 46.8 Å². The Bertz CT molecular complexity index is 1000. The zero-order valence-corrected chi connectivity index (χ0v) is 18.5. The van der Waals surface area contributed by atoms with Crippen LogP contribution in [0.3, 0.4) is 0 Å². The van der Waals surface area contributed by atoms with Crippen molar-refractivity contribution in [3.8, 4) is 0 Å². The molecule has 1 aliphatic heterocycles. The molecule has 1 amide bonds. The van der Waals surface area contributed by atoms with Crippen molar-refractivity contribution in [2.24, 2.45) is 0 Å². The average Bonchev–Trinajstić information content (AvgIpc) is 3.40. The molecule has 2 aromatic carbocycles. The van der Waals surface area contributed by atoms with Crippen molar-refractivity contribution in [1.29, 1.82) is 0 Å². The first kappa shape index (κ1) is 21.3. The third-order valence-electron chi connectivity index (χ3n) is 5.63. The van der Waals surface area contributed by atoms with Gasteiger partial charge in [-0.3, -0.25) is 4.79 Å². The van der Waals surface area contributed by atoms with Gasteiger partial charge in [-0.2, -0.15) is 0 Å². The number of benzene rings is 2. The van der Waals surface area contributed by atoms with Crippen LogP contribution in [0, 0.1) is 0 Å². The number of carboxylic acids is 1. The minimum atomic E-state index is -0.994. The molecule has 0 bridgehead atoms. The lowest BCUT2D eigenvalue weighted by atomic mass is 10.0. The third-order valence-corrected chi connectivity index (χ3v) is 7.54. The summed E-state index contributed by atoms with van der Waals surface area (Å²) in [6.07, 6.45) is 4.24. The van der Waals surface area contributed by atoms with E-state index in [1.165, 1.54) is 11.8 Å². The number of nitrogens with zero attached hydrogens (tertiary/aromatic N) is 1. The van der Waals surface area contributed by atoms with Gasteiger partial charge in [0.05, 0.1) is 10.6 Å². The van der Waals surface area contributed by atoms with Crippen molar-refractivity contribution in [2.75, 3.05) is 0 Å². The predicted octanol–water partition coefficient (Wildman–Crippen LogP) is 6.55. The molecule has 4 rings (SSSR count). The number of carboxylic acid groups (broad SMARTS) is 1. The zero-order valence-electron chi connectivity index (χ0n) is 16.2. The van der Waals surface area contributed by atoms with Crippen LogP contribution in [0.4, 0.5) is 0 Å². The van der Waals surface area contributed by atoms with Crippen molar-refractivity contribution in [3.63, 3.8) is 0 Å². The van der Waals surface area contributed by atoms with E-state index >= 15 is 0 Å². The molecule has 1 aliphatic carbocycles. The van der Waals surface area contributed by atoms with Gasteiger partial charge in [-0.05, 0) is 36.6 Å². The van der Waals surface area contributed by atoms with Crippen LogP contribution in [-0.2, 0) is 4.79 Å². The summed E-state index contributed by atoms with van der Waals surface area (Å²) in [5.74, 6) is -1.25. The summed E-state index contributed by atoms with van der Waals surface area (Å²) in [5, 5.41) is 10.6. The molecular weight excluding hydrogens is 441 g/mol. The largest absolute Gasteiger partial charge is 0.477 e. The smallest absolute Gasteiger partial charge is 0.343 e. The van der Waals surface area contributed by atoms with Crippen LogP contribution in [0.1, 0.15) is 53.3 Å². The predicted molar refractivity (Wildman–Crippen MR) is 121 cm³/mol.